The van der Waals surface area contributed by atoms with Gasteiger partial charge < -0.3 is 20.6 Å². The van der Waals surface area contributed by atoms with Gasteiger partial charge in [0.2, 0.25) is 0 Å². The van der Waals surface area contributed by atoms with E-state index in [-0.39, 0.29) is 6.54 Å². The first-order valence-corrected chi connectivity index (χ1v) is 9.18. The number of carboxylic acids is 1. The minimum Gasteiger partial charge on any atom is -0.481 e. The van der Waals surface area contributed by atoms with Crippen LogP contribution in [0.15, 0.2) is 72.8 Å². The Hall–Kier alpha value is -3.87. The van der Waals surface area contributed by atoms with Crippen LogP contribution in [0.4, 0.5) is 16.2 Å². The van der Waals surface area contributed by atoms with Crippen molar-refractivity contribution in [3.05, 3.63) is 72.8 Å². The Morgan fingerprint density at radius 1 is 0.931 bits per heavy atom. The molecular weight excluding hydrogens is 370 g/mol. The fourth-order valence-corrected chi connectivity index (χ4v) is 3.53. The second kappa shape index (κ2) is 7.63. The number of anilines is 2. The van der Waals surface area contributed by atoms with Crippen LogP contribution in [0.25, 0.3) is 10.8 Å². The van der Waals surface area contributed by atoms with Crippen LogP contribution in [0.2, 0.25) is 0 Å². The molecule has 0 saturated carbocycles. The smallest absolute Gasteiger partial charge is 0.319 e. The molecule has 0 radical (unpaired) electrons. The van der Waals surface area contributed by atoms with E-state index in [1.165, 1.54) is 4.90 Å². The maximum atomic E-state index is 12.8. The molecule has 2 atom stereocenters. The SMILES string of the molecule is O=C(Nc1ccc2ccccc2c1)N[C@@H]1C(=O)N(c2ccccc2)C[C@H]1C(=O)O. The molecule has 7 heteroatoms. The average Bonchev–Trinajstić information content (AvgIpc) is 3.05. The van der Waals surface area contributed by atoms with Crippen molar-refractivity contribution < 1.29 is 19.5 Å². The number of benzene rings is 3. The number of carbonyl (C=O) groups excluding carboxylic acids is 2. The number of rotatable bonds is 4. The topological polar surface area (TPSA) is 98.7 Å². The first-order valence-electron chi connectivity index (χ1n) is 9.18. The van der Waals surface area contributed by atoms with E-state index in [1.807, 2.05) is 42.5 Å². The molecule has 4 rings (SSSR count). The minimum absolute atomic E-state index is 0.000892. The van der Waals surface area contributed by atoms with Crippen molar-refractivity contribution in [1.29, 1.82) is 0 Å². The standard InChI is InChI=1S/C22H19N3O4/c26-20-19(18(21(27)28)13-25(20)17-8-2-1-3-9-17)24-22(29)23-16-11-10-14-6-4-5-7-15(14)12-16/h1-12,18-19H,13H2,(H,27,28)(H2,23,24,29)/t18-,19+/m1/s1. The third kappa shape index (κ3) is 3.75. The van der Waals surface area contributed by atoms with Crippen LogP contribution in [-0.2, 0) is 9.59 Å². The van der Waals surface area contributed by atoms with E-state index in [2.05, 4.69) is 10.6 Å². The first kappa shape index (κ1) is 18.5. The Labute approximate surface area is 166 Å². The molecule has 0 bridgehead atoms. The highest BCUT2D eigenvalue weighted by atomic mass is 16.4. The van der Waals surface area contributed by atoms with Gasteiger partial charge in [-0.05, 0) is 35.0 Å². The minimum atomic E-state index is -1.15. The fourth-order valence-electron chi connectivity index (χ4n) is 3.53. The number of carbonyl (C=O) groups is 3. The van der Waals surface area contributed by atoms with Gasteiger partial charge in [0.1, 0.15) is 12.0 Å². The summed E-state index contributed by atoms with van der Waals surface area (Å²) in [6.45, 7) is -0.000892. The number of para-hydroxylation sites is 1. The van der Waals surface area contributed by atoms with Crippen LogP contribution in [0.3, 0.4) is 0 Å². The lowest BCUT2D eigenvalue weighted by Crippen LogP contribution is -2.47. The van der Waals surface area contributed by atoms with E-state index in [4.69, 9.17) is 0 Å². The van der Waals surface area contributed by atoms with Crippen molar-refractivity contribution in [3.8, 4) is 0 Å². The van der Waals surface area contributed by atoms with Crippen LogP contribution >= 0.6 is 0 Å². The molecule has 1 heterocycles. The molecule has 3 aromatic rings. The zero-order valence-corrected chi connectivity index (χ0v) is 15.4. The molecule has 29 heavy (non-hydrogen) atoms. The molecule has 146 valence electrons. The molecule has 0 aromatic heterocycles. The quantitative estimate of drug-likeness (QED) is 0.639. The third-order valence-corrected chi connectivity index (χ3v) is 4.99. The normalized spacial score (nSPS) is 18.6. The number of aliphatic carboxylic acids is 1. The Morgan fingerprint density at radius 3 is 2.34 bits per heavy atom. The van der Waals surface area contributed by atoms with E-state index in [1.54, 1.807) is 30.3 Å². The van der Waals surface area contributed by atoms with Gasteiger partial charge in [-0.3, -0.25) is 9.59 Å². The van der Waals surface area contributed by atoms with Crippen molar-refractivity contribution in [2.24, 2.45) is 5.92 Å². The zero-order valence-electron chi connectivity index (χ0n) is 15.4. The van der Waals surface area contributed by atoms with Gasteiger partial charge in [-0.25, -0.2) is 4.79 Å². The van der Waals surface area contributed by atoms with Crippen molar-refractivity contribution >= 4 is 40.1 Å². The number of hydrogen-bond donors (Lipinski definition) is 3. The molecule has 1 fully saturated rings. The molecule has 0 spiro atoms. The lowest BCUT2D eigenvalue weighted by molar-refractivity contribution is -0.142. The highest BCUT2D eigenvalue weighted by Gasteiger charge is 2.45. The van der Waals surface area contributed by atoms with Crippen molar-refractivity contribution in [1.82, 2.24) is 5.32 Å². The molecule has 1 saturated heterocycles. The first-order chi connectivity index (χ1) is 14.0. The van der Waals surface area contributed by atoms with Crippen LogP contribution < -0.4 is 15.5 Å². The third-order valence-electron chi connectivity index (χ3n) is 4.99. The predicted molar refractivity (Wildman–Crippen MR) is 110 cm³/mol. The summed E-state index contributed by atoms with van der Waals surface area (Å²) in [5.41, 5.74) is 1.15. The van der Waals surface area contributed by atoms with E-state index in [0.29, 0.717) is 11.4 Å². The van der Waals surface area contributed by atoms with E-state index < -0.39 is 29.9 Å². The van der Waals surface area contributed by atoms with Crippen LogP contribution in [0.5, 0.6) is 0 Å². The highest BCUT2D eigenvalue weighted by molar-refractivity contribution is 6.06. The summed E-state index contributed by atoms with van der Waals surface area (Å²) < 4.78 is 0. The summed E-state index contributed by atoms with van der Waals surface area (Å²) in [4.78, 5) is 38.3. The molecule has 1 aliphatic rings. The molecule has 3 amide bonds. The van der Waals surface area contributed by atoms with Gasteiger partial charge in [0.15, 0.2) is 0 Å². The van der Waals surface area contributed by atoms with Gasteiger partial charge in [0.05, 0.1) is 0 Å². The summed E-state index contributed by atoms with van der Waals surface area (Å²) in [6.07, 6.45) is 0. The molecular formula is C22H19N3O4. The summed E-state index contributed by atoms with van der Waals surface area (Å²) >= 11 is 0. The average molecular weight is 389 g/mol. The Bertz CT molecular complexity index is 1080. The predicted octanol–water partition coefficient (Wildman–Crippen LogP) is 3.08. The van der Waals surface area contributed by atoms with Gasteiger partial charge in [0.25, 0.3) is 5.91 Å². The molecule has 0 unspecified atom stereocenters. The van der Waals surface area contributed by atoms with Crippen LogP contribution in [0.1, 0.15) is 0 Å². The molecule has 1 aliphatic heterocycles. The van der Waals surface area contributed by atoms with Crippen LogP contribution in [0, 0.1) is 5.92 Å². The number of fused-ring (bicyclic) bond motifs is 1. The van der Waals surface area contributed by atoms with E-state index in [0.717, 1.165) is 10.8 Å². The largest absolute Gasteiger partial charge is 0.481 e. The van der Waals surface area contributed by atoms with Crippen molar-refractivity contribution in [2.45, 2.75) is 6.04 Å². The number of urea groups is 1. The number of nitrogens with zero attached hydrogens (tertiary/aromatic N) is 1. The second-order valence-electron chi connectivity index (χ2n) is 6.87. The highest BCUT2D eigenvalue weighted by Crippen LogP contribution is 2.26. The molecule has 3 N–H and O–H groups in total. The molecule has 3 aromatic carbocycles. The Kier molecular flexibility index (Phi) is 4.87. The summed E-state index contributed by atoms with van der Waals surface area (Å²) in [5.74, 6) is -2.62. The molecule has 0 aliphatic carbocycles. The van der Waals surface area contributed by atoms with Crippen LogP contribution in [-0.4, -0.2) is 35.6 Å². The van der Waals surface area contributed by atoms with Crippen molar-refractivity contribution in [2.75, 3.05) is 16.8 Å². The van der Waals surface area contributed by atoms with Gasteiger partial charge >= 0.3 is 12.0 Å². The van der Waals surface area contributed by atoms with E-state index >= 15 is 0 Å². The van der Waals surface area contributed by atoms with Gasteiger partial charge in [0, 0.05) is 17.9 Å². The number of amides is 3. The van der Waals surface area contributed by atoms with Gasteiger partial charge in [-0.15, -0.1) is 0 Å². The summed E-state index contributed by atoms with van der Waals surface area (Å²) in [6, 6.07) is 20.2. The Balaban J connectivity index is 1.50. The van der Waals surface area contributed by atoms with Crippen molar-refractivity contribution in [3.63, 3.8) is 0 Å². The maximum Gasteiger partial charge on any atom is 0.319 e. The fraction of sp³-hybridized carbons (Fsp3) is 0.136. The van der Waals surface area contributed by atoms with E-state index in [9.17, 15) is 19.5 Å². The summed E-state index contributed by atoms with van der Waals surface area (Å²) in [7, 11) is 0. The second-order valence-corrected chi connectivity index (χ2v) is 6.87. The monoisotopic (exact) mass is 389 g/mol. The number of nitrogens with one attached hydrogen (secondary N) is 2. The lowest BCUT2D eigenvalue weighted by atomic mass is 10.0. The van der Waals surface area contributed by atoms with Gasteiger partial charge in [-0.2, -0.15) is 0 Å². The lowest BCUT2D eigenvalue weighted by Gasteiger charge is -2.17. The number of hydrogen-bond acceptors (Lipinski definition) is 3. The Morgan fingerprint density at radius 2 is 1.62 bits per heavy atom. The maximum absolute atomic E-state index is 12.8. The molecule has 7 nitrogen and oxygen atoms in total. The summed E-state index contributed by atoms with van der Waals surface area (Å²) in [5, 5.41) is 16.7. The number of carboxylic acid groups (broad SMARTS) is 1. The zero-order chi connectivity index (χ0) is 20.4. The van der Waals surface area contributed by atoms with Gasteiger partial charge in [-0.1, -0.05) is 48.5 Å².